The summed E-state index contributed by atoms with van der Waals surface area (Å²) < 4.78 is 0. The van der Waals surface area contributed by atoms with Crippen molar-refractivity contribution in [1.29, 1.82) is 0 Å². The Labute approximate surface area is 122 Å². The predicted molar refractivity (Wildman–Crippen MR) is 84.9 cm³/mol. The van der Waals surface area contributed by atoms with Crippen molar-refractivity contribution in [2.45, 2.75) is 33.2 Å². The lowest BCUT2D eigenvalue weighted by atomic mass is 10.0. The van der Waals surface area contributed by atoms with Gasteiger partial charge in [-0.15, -0.1) is 0 Å². The van der Waals surface area contributed by atoms with E-state index in [-0.39, 0.29) is 11.9 Å². The Bertz CT molecular complexity index is 445. The average molecular weight is 277 g/mol. The third-order valence-electron chi connectivity index (χ3n) is 3.13. The molecule has 1 aromatic carbocycles. The zero-order chi connectivity index (χ0) is 15.3. The van der Waals surface area contributed by atoms with E-state index in [1.807, 2.05) is 33.2 Å². The van der Waals surface area contributed by atoms with Crippen LogP contribution in [0.2, 0.25) is 0 Å². The van der Waals surface area contributed by atoms with Gasteiger partial charge in [0, 0.05) is 18.3 Å². The van der Waals surface area contributed by atoms with Crippen molar-refractivity contribution < 1.29 is 4.79 Å². The zero-order valence-corrected chi connectivity index (χ0v) is 13.2. The molecule has 0 aromatic heterocycles. The van der Waals surface area contributed by atoms with Crippen molar-refractivity contribution >= 4 is 11.6 Å². The first-order valence-electron chi connectivity index (χ1n) is 7.11. The minimum atomic E-state index is -0.0880. The Hall–Kier alpha value is -1.55. The van der Waals surface area contributed by atoms with E-state index >= 15 is 0 Å². The molecule has 1 unspecified atom stereocenters. The van der Waals surface area contributed by atoms with Crippen molar-refractivity contribution in [3.05, 3.63) is 29.3 Å². The third kappa shape index (κ3) is 5.21. The predicted octanol–water partition coefficient (Wildman–Crippen LogP) is 2.28. The van der Waals surface area contributed by atoms with Crippen LogP contribution in [0.3, 0.4) is 0 Å². The average Bonchev–Trinajstić information content (AvgIpc) is 2.26. The fraction of sp³-hybridized carbons (Fsp3) is 0.562. The van der Waals surface area contributed by atoms with Crippen molar-refractivity contribution in [3.8, 4) is 0 Å². The van der Waals surface area contributed by atoms with E-state index in [1.54, 1.807) is 6.07 Å². The monoisotopic (exact) mass is 277 g/mol. The molecule has 4 heteroatoms. The highest BCUT2D eigenvalue weighted by atomic mass is 16.1. The van der Waals surface area contributed by atoms with Crippen LogP contribution in [0.15, 0.2) is 18.2 Å². The molecule has 0 saturated heterocycles. The molecule has 0 bridgehead atoms. The number of carbonyl (C=O) groups is 1. The number of amides is 1. The number of hydrogen-bond donors (Lipinski definition) is 2. The Morgan fingerprint density at radius 2 is 2.00 bits per heavy atom. The lowest BCUT2D eigenvalue weighted by Crippen LogP contribution is -2.42. The number of carbonyl (C=O) groups excluding carboxylic acids is 1. The molecule has 3 N–H and O–H groups in total. The Kier molecular flexibility index (Phi) is 6.02. The van der Waals surface area contributed by atoms with Gasteiger partial charge < -0.3 is 16.0 Å². The lowest BCUT2D eigenvalue weighted by molar-refractivity contribution is 0.0925. The molecule has 0 aliphatic heterocycles. The summed E-state index contributed by atoms with van der Waals surface area (Å²) >= 11 is 0. The summed E-state index contributed by atoms with van der Waals surface area (Å²) in [7, 11) is 4.03. The minimum Gasteiger partial charge on any atom is -0.398 e. The number of benzene rings is 1. The third-order valence-corrected chi connectivity index (χ3v) is 3.13. The summed E-state index contributed by atoms with van der Waals surface area (Å²) in [5, 5.41) is 3.10. The maximum absolute atomic E-state index is 12.3. The molecule has 112 valence electrons. The molecule has 0 radical (unpaired) electrons. The van der Waals surface area contributed by atoms with Gasteiger partial charge in [-0.2, -0.15) is 0 Å². The molecular weight excluding hydrogens is 250 g/mol. The van der Waals surface area contributed by atoms with Gasteiger partial charge in [-0.25, -0.2) is 0 Å². The molecule has 1 atom stereocenters. The van der Waals surface area contributed by atoms with Gasteiger partial charge in [-0.1, -0.05) is 19.9 Å². The van der Waals surface area contributed by atoms with Crippen molar-refractivity contribution in [2.24, 2.45) is 5.92 Å². The highest BCUT2D eigenvalue weighted by Gasteiger charge is 2.17. The quantitative estimate of drug-likeness (QED) is 0.784. The summed E-state index contributed by atoms with van der Waals surface area (Å²) in [5.74, 6) is 0.450. The molecule has 0 heterocycles. The van der Waals surface area contributed by atoms with Gasteiger partial charge in [0.2, 0.25) is 0 Å². The Morgan fingerprint density at radius 3 is 2.50 bits per heavy atom. The van der Waals surface area contributed by atoms with E-state index in [0.717, 1.165) is 18.5 Å². The molecular formula is C16H27N3O. The van der Waals surface area contributed by atoms with Crippen LogP contribution in [0.4, 0.5) is 5.69 Å². The number of likely N-dealkylation sites (N-methyl/N-ethyl adjacent to an activating group) is 1. The molecule has 0 fully saturated rings. The van der Waals surface area contributed by atoms with E-state index in [2.05, 4.69) is 24.1 Å². The van der Waals surface area contributed by atoms with Crippen LogP contribution in [-0.4, -0.2) is 37.5 Å². The van der Waals surface area contributed by atoms with Gasteiger partial charge >= 0.3 is 0 Å². The molecule has 1 aromatic rings. The standard InChI is InChI=1S/C16H27N3O/c1-11(2)8-13(10-19(4)5)18-16(20)14-7-6-12(3)9-15(14)17/h6-7,9,11,13H,8,10,17H2,1-5H3,(H,18,20). The van der Waals surface area contributed by atoms with Gasteiger partial charge in [-0.3, -0.25) is 4.79 Å². The smallest absolute Gasteiger partial charge is 0.253 e. The number of rotatable bonds is 6. The highest BCUT2D eigenvalue weighted by Crippen LogP contribution is 2.14. The molecule has 0 aliphatic carbocycles. The Morgan fingerprint density at radius 1 is 1.35 bits per heavy atom. The molecule has 1 amide bonds. The van der Waals surface area contributed by atoms with E-state index in [0.29, 0.717) is 17.2 Å². The van der Waals surface area contributed by atoms with Crippen LogP contribution in [0.1, 0.15) is 36.2 Å². The number of nitrogens with one attached hydrogen (secondary N) is 1. The summed E-state index contributed by atoms with van der Waals surface area (Å²) in [6.07, 6.45) is 0.954. The van der Waals surface area contributed by atoms with E-state index < -0.39 is 0 Å². The summed E-state index contributed by atoms with van der Waals surface area (Å²) in [4.78, 5) is 14.4. The van der Waals surface area contributed by atoms with Crippen LogP contribution < -0.4 is 11.1 Å². The minimum absolute atomic E-state index is 0.0880. The number of nitrogen functional groups attached to an aromatic ring is 1. The molecule has 0 spiro atoms. The van der Waals surface area contributed by atoms with Gasteiger partial charge in [0.05, 0.1) is 5.56 Å². The van der Waals surface area contributed by atoms with Crippen molar-refractivity contribution in [3.63, 3.8) is 0 Å². The van der Waals surface area contributed by atoms with Gasteiger partial charge in [0.15, 0.2) is 0 Å². The highest BCUT2D eigenvalue weighted by molar-refractivity contribution is 5.99. The molecule has 4 nitrogen and oxygen atoms in total. The van der Waals surface area contributed by atoms with Crippen molar-refractivity contribution in [2.75, 3.05) is 26.4 Å². The first-order chi connectivity index (χ1) is 9.29. The largest absolute Gasteiger partial charge is 0.398 e. The van der Waals surface area contributed by atoms with Crippen LogP contribution >= 0.6 is 0 Å². The molecule has 20 heavy (non-hydrogen) atoms. The first kappa shape index (κ1) is 16.5. The number of nitrogens with zero attached hydrogens (tertiary/aromatic N) is 1. The SMILES string of the molecule is Cc1ccc(C(=O)NC(CC(C)C)CN(C)C)c(N)c1. The van der Waals surface area contributed by atoms with E-state index in [1.165, 1.54) is 0 Å². The summed E-state index contributed by atoms with van der Waals surface area (Å²) in [5.41, 5.74) is 8.09. The van der Waals surface area contributed by atoms with Crippen LogP contribution in [-0.2, 0) is 0 Å². The first-order valence-corrected chi connectivity index (χ1v) is 7.11. The maximum Gasteiger partial charge on any atom is 0.253 e. The topological polar surface area (TPSA) is 58.4 Å². The van der Waals surface area contributed by atoms with Crippen LogP contribution in [0.5, 0.6) is 0 Å². The second-order valence-electron chi connectivity index (χ2n) is 6.15. The van der Waals surface area contributed by atoms with Crippen molar-refractivity contribution in [1.82, 2.24) is 10.2 Å². The van der Waals surface area contributed by atoms with Gasteiger partial charge in [0.25, 0.3) is 5.91 Å². The molecule has 0 saturated carbocycles. The maximum atomic E-state index is 12.3. The summed E-state index contributed by atoms with van der Waals surface area (Å²) in [6.45, 7) is 7.12. The molecule has 0 aliphatic rings. The van der Waals surface area contributed by atoms with E-state index in [4.69, 9.17) is 5.73 Å². The van der Waals surface area contributed by atoms with Gasteiger partial charge in [-0.05, 0) is 51.1 Å². The number of hydrogen-bond acceptors (Lipinski definition) is 3. The second kappa shape index (κ2) is 7.29. The fourth-order valence-corrected chi connectivity index (χ4v) is 2.34. The number of anilines is 1. The fourth-order valence-electron chi connectivity index (χ4n) is 2.34. The van der Waals surface area contributed by atoms with E-state index in [9.17, 15) is 4.79 Å². The number of aryl methyl sites for hydroxylation is 1. The second-order valence-corrected chi connectivity index (χ2v) is 6.15. The lowest BCUT2D eigenvalue weighted by Gasteiger charge is -2.24. The molecule has 1 rings (SSSR count). The van der Waals surface area contributed by atoms with Crippen LogP contribution in [0.25, 0.3) is 0 Å². The normalized spacial score (nSPS) is 12.8. The zero-order valence-electron chi connectivity index (χ0n) is 13.2. The van der Waals surface area contributed by atoms with Crippen LogP contribution in [0, 0.1) is 12.8 Å². The number of nitrogens with two attached hydrogens (primary N) is 1. The Balaban J connectivity index is 2.78. The summed E-state index contributed by atoms with van der Waals surface area (Å²) in [6, 6.07) is 5.67. The van der Waals surface area contributed by atoms with Gasteiger partial charge in [0.1, 0.15) is 0 Å².